The molecule has 35 heavy (non-hydrogen) atoms. The first-order chi connectivity index (χ1) is 17.0. The van der Waals surface area contributed by atoms with Crippen molar-refractivity contribution in [2.45, 2.75) is 57.3 Å². The summed E-state index contributed by atoms with van der Waals surface area (Å²) in [4.78, 5) is 11.5. The molecule has 9 heteroatoms. The van der Waals surface area contributed by atoms with Crippen LogP contribution in [0.2, 0.25) is 0 Å². The number of fused-ring (bicyclic) bond motifs is 1. The molecule has 6 nitrogen and oxygen atoms in total. The molecule has 0 unspecified atom stereocenters. The molecule has 3 heterocycles. The van der Waals surface area contributed by atoms with E-state index in [-0.39, 0.29) is 12.5 Å². The number of aromatic nitrogens is 3. The number of piperazine rings is 1. The van der Waals surface area contributed by atoms with Crippen LogP contribution in [-0.4, -0.2) is 58.3 Å². The van der Waals surface area contributed by atoms with E-state index < -0.39 is 12.6 Å². The maximum absolute atomic E-state index is 12.6. The van der Waals surface area contributed by atoms with Crippen LogP contribution in [0.15, 0.2) is 36.7 Å². The summed E-state index contributed by atoms with van der Waals surface area (Å²) in [5.74, 6) is 0.245. The van der Waals surface area contributed by atoms with Gasteiger partial charge in [0.15, 0.2) is 0 Å². The number of hydrogen-bond donors (Lipinski definition) is 2. The van der Waals surface area contributed by atoms with Gasteiger partial charge in [0.2, 0.25) is 5.95 Å². The van der Waals surface area contributed by atoms with Crippen molar-refractivity contribution in [3.63, 3.8) is 0 Å². The molecule has 0 atom stereocenters. The summed E-state index contributed by atoms with van der Waals surface area (Å²) in [6, 6.07) is 9.05. The number of benzene rings is 1. The van der Waals surface area contributed by atoms with Gasteiger partial charge in [-0.3, -0.25) is 4.90 Å². The first-order valence-electron chi connectivity index (χ1n) is 12.7. The van der Waals surface area contributed by atoms with Crippen LogP contribution in [0.4, 0.5) is 19.1 Å². The fourth-order valence-corrected chi connectivity index (χ4v) is 5.22. The molecule has 2 fully saturated rings. The largest absolute Gasteiger partial charge is 0.390 e. The highest BCUT2D eigenvalue weighted by atomic mass is 19.4. The molecule has 1 saturated carbocycles. The molecule has 188 valence electrons. The van der Waals surface area contributed by atoms with E-state index in [1.54, 1.807) is 6.20 Å². The molecular formula is C26H33F3N6. The molecule has 0 spiro atoms. The van der Waals surface area contributed by atoms with Crippen molar-refractivity contribution in [3.8, 4) is 11.1 Å². The standard InChI is InChI=1S/C26H33F3N6/c27-26(28,29)10-11-31-25-32-16-22-23(18-35(24(22)33-25)21-4-2-1-3-5-21)20-8-6-19(7-9-20)17-34-14-12-30-13-15-34/h6-9,16,18,21,30H,1-5,10-15,17H2,(H,31,32,33). The summed E-state index contributed by atoms with van der Waals surface area (Å²) in [5.41, 5.74) is 4.26. The van der Waals surface area contributed by atoms with Crippen molar-refractivity contribution < 1.29 is 13.2 Å². The lowest BCUT2D eigenvalue weighted by Gasteiger charge is -2.27. The Morgan fingerprint density at radius 1 is 1.03 bits per heavy atom. The maximum Gasteiger partial charge on any atom is 0.390 e. The smallest absolute Gasteiger partial charge is 0.354 e. The van der Waals surface area contributed by atoms with E-state index in [1.165, 1.54) is 24.8 Å². The number of hydrogen-bond acceptors (Lipinski definition) is 5. The topological polar surface area (TPSA) is 58.0 Å². The zero-order valence-electron chi connectivity index (χ0n) is 19.9. The van der Waals surface area contributed by atoms with E-state index >= 15 is 0 Å². The van der Waals surface area contributed by atoms with Crippen molar-refractivity contribution in [2.75, 3.05) is 38.0 Å². The SMILES string of the molecule is FC(F)(F)CCNc1ncc2c(-c3ccc(CN4CCNCC4)cc3)cn(C3CCCCC3)c2n1. The fraction of sp³-hybridized carbons (Fsp3) is 0.538. The molecule has 1 aliphatic carbocycles. The summed E-state index contributed by atoms with van der Waals surface area (Å²) >= 11 is 0. The lowest BCUT2D eigenvalue weighted by molar-refractivity contribution is -0.131. The molecule has 2 aliphatic rings. The van der Waals surface area contributed by atoms with Gasteiger partial charge in [0.1, 0.15) is 5.65 Å². The molecule has 5 rings (SSSR count). The lowest BCUT2D eigenvalue weighted by Crippen LogP contribution is -2.42. The Morgan fingerprint density at radius 2 is 1.77 bits per heavy atom. The Hall–Kier alpha value is -2.65. The Labute approximate surface area is 203 Å². The molecule has 2 aromatic heterocycles. The predicted molar refractivity (Wildman–Crippen MR) is 132 cm³/mol. The number of nitrogens with zero attached hydrogens (tertiary/aromatic N) is 4. The third kappa shape index (κ3) is 5.95. The summed E-state index contributed by atoms with van der Waals surface area (Å²) in [6.07, 6.45) is 4.59. The Balaban J connectivity index is 1.42. The van der Waals surface area contributed by atoms with Crippen LogP contribution in [0, 0.1) is 0 Å². The van der Waals surface area contributed by atoms with Crippen molar-refractivity contribution in [2.24, 2.45) is 0 Å². The molecule has 3 aromatic rings. The van der Waals surface area contributed by atoms with Gasteiger partial charge in [-0.1, -0.05) is 43.5 Å². The van der Waals surface area contributed by atoms with Crippen LogP contribution in [0.25, 0.3) is 22.2 Å². The Morgan fingerprint density at radius 3 is 2.49 bits per heavy atom. The first-order valence-corrected chi connectivity index (χ1v) is 12.7. The summed E-state index contributed by atoms with van der Waals surface area (Å²) in [6.45, 7) is 4.90. The van der Waals surface area contributed by atoms with E-state index in [1.807, 2.05) is 0 Å². The van der Waals surface area contributed by atoms with Gasteiger partial charge in [-0.05, 0) is 24.0 Å². The molecule has 1 aliphatic heterocycles. The van der Waals surface area contributed by atoms with Crippen LogP contribution in [0.3, 0.4) is 0 Å². The second kappa shape index (κ2) is 10.5. The molecule has 0 bridgehead atoms. The number of anilines is 1. The number of alkyl halides is 3. The van der Waals surface area contributed by atoms with Crippen LogP contribution < -0.4 is 10.6 Å². The van der Waals surface area contributed by atoms with E-state index in [2.05, 4.69) is 60.5 Å². The third-order valence-electron chi connectivity index (χ3n) is 7.11. The van der Waals surface area contributed by atoms with Gasteiger partial charge in [0, 0.05) is 68.7 Å². The highest BCUT2D eigenvalue weighted by Gasteiger charge is 2.26. The minimum atomic E-state index is -4.20. The van der Waals surface area contributed by atoms with Gasteiger partial charge in [0.05, 0.1) is 6.42 Å². The van der Waals surface area contributed by atoms with Gasteiger partial charge in [-0.25, -0.2) is 4.98 Å². The average molecular weight is 487 g/mol. The van der Waals surface area contributed by atoms with E-state index in [0.29, 0.717) is 6.04 Å². The van der Waals surface area contributed by atoms with Gasteiger partial charge in [-0.2, -0.15) is 18.2 Å². The van der Waals surface area contributed by atoms with Gasteiger partial charge in [0.25, 0.3) is 0 Å². The first kappa shape index (κ1) is 24.1. The Bertz CT molecular complexity index is 1110. The van der Waals surface area contributed by atoms with Crippen LogP contribution in [0.5, 0.6) is 0 Å². The van der Waals surface area contributed by atoms with Crippen molar-refractivity contribution in [1.82, 2.24) is 24.8 Å². The van der Waals surface area contributed by atoms with E-state index in [9.17, 15) is 13.2 Å². The molecule has 1 saturated heterocycles. The zero-order valence-corrected chi connectivity index (χ0v) is 19.9. The van der Waals surface area contributed by atoms with Crippen molar-refractivity contribution in [3.05, 3.63) is 42.2 Å². The molecule has 0 amide bonds. The fourth-order valence-electron chi connectivity index (χ4n) is 5.22. The molecular weight excluding hydrogens is 453 g/mol. The monoisotopic (exact) mass is 486 g/mol. The summed E-state index contributed by atoms with van der Waals surface area (Å²) in [5, 5.41) is 7.08. The highest BCUT2D eigenvalue weighted by molar-refractivity contribution is 5.94. The van der Waals surface area contributed by atoms with Crippen LogP contribution in [0.1, 0.15) is 50.1 Å². The van der Waals surface area contributed by atoms with Crippen molar-refractivity contribution in [1.29, 1.82) is 0 Å². The van der Waals surface area contributed by atoms with Gasteiger partial charge >= 0.3 is 6.18 Å². The van der Waals surface area contributed by atoms with Crippen LogP contribution >= 0.6 is 0 Å². The zero-order chi connectivity index (χ0) is 24.3. The van der Waals surface area contributed by atoms with Crippen molar-refractivity contribution >= 4 is 17.0 Å². The molecule has 1 aromatic carbocycles. The van der Waals surface area contributed by atoms with Gasteiger partial charge in [-0.15, -0.1) is 0 Å². The number of nitrogens with one attached hydrogen (secondary N) is 2. The highest BCUT2D eigenvalue weighted by Crippen LogP contribution is 2.36. The second-order valence-corrected chi connectivity index (χ2v) is 9.69. The minimum absolute atomic E-state index is 0.236. The normalized spacial score (nSPS) is 18.3. The van der Waals surface area contributed by atoms with E-state index in [4.69, 9.17) is 0 Å². The average Bonchev–Trinajstić information content (AvgIpc) is 3.24. The van der Waals surface area contributed by atoms with Gasteiger partial charge < -0.3 is 15.2 Å². The maximum atomic E-state index is 12.6. The molecule has 2 N–H and O–H groups in total. The Kier molecular flexibility index (Phi) is 7.24. The lowest BCUT2D eigenvalue weighted by atomic mass is 9.95. The number of rotatable bonds is 7. The molecule has 0 radical (unpaired) electrons. The number of halogens is 3. The van der Waals surface area contributed by atoms with Crippen LogP contribution in [-0.2, 0) is 6.54 Å². The summed E-state index contributed by atoms with van der Waals surface area (Å²) in [7, 11) is 0. The van der Waals surface area contributed by atoms with E-state index in [0.717, 1.165) is 67.7 Å². The minimum Gasteiger partial charge on any atom is -0.354 e. The second-order valence-electron chi connectivity index (χ2n) is 9.69. The summed E-state index contributed by atoms with van der Waals surface area (Å²) < 4.78 is 40.0. The third-order valence-corrected chi connectivity index (χ3v) is 7.11. The predicted octanol–water partition coefficient (Wildman–Crippen LogP) is 5.37. The quantitative estimate of drug-likeness (QED) is 0.470.